The maximum atomic E-state index is 13.4. The monoisotopic (exact) mass is 296 g/mol. The molecule has 1 saturated carbocycles. The van der Waals surface area contributed by atoms with Gasteiger partial charge in [0.05, 0.1) is 0 Å². The predicted octanol–water partition coefficient (Wildman–Crippen LogP) is 3.44. The number of hydrogen-bond donors (Lipinski definition) is 1. The summed E-state index contributed by atoms with van der Waals surface area (Å²) in [4.78, 5) is 2.42. The third-order valence-corrected chi connectivity index (χ3v) is 4.98. The molecule has 0 bridgehead atoms. The summed E-state index contributed by atoms with van der Waals surface area (Å²) in [6, 6.07) is 4.64. The normalized spacial score (nSPS) is 28.4. The Morgan fingerprint density at radius 3 is 3.00 bits per heavy atom. The van der Waals surface area contributed by atoms with E-state index in [2.05, 4.69) is 17.1 Å². The van der Waals surface area contributed by atoms with E-state index in [-0.39, 0.29) is 11.4 Å². The van der Waals surface area contributed by atoms with E-state index in [1.165, 1.54) is 18.9 Å². The van der Waals surface area contributed by atoms with E-state index >= 15 is 0 Å². The van der Waals surface area contributed by atoms with Crippen LogP contribution in [-0.4, -0.2) is 30.1 Å². The number of halogens is 2. The van der Waals surface area contributed by atoms with Crippen LogP contribution in [0.15, 0.2) is 18.2 Å². The second-order valence-electron chi connectivity index (χ2n) is 6.42. The Morgan fingerprint density at radius 1 is 1.45 bits per heavy atom. The van der Waals surface area contributed by atoms with Gasteiger partial charge in [0, 0.05) is 23.7 Å². The first-order valence-electron chi connectivity index (χ1n) is 7.48. The Bertz CT molecular complexity index is 489. The molecule has 1 atom stereocenters. The topological polar surface area (TPSA) is 15.3 Å². The zero-order valence-corrected chi connectivity index (χ0v) is 12.7. The lowest BCUT2D eigenvalue weighted by molar-refractivity contribution is 0.195. The van der Waals surface area contributed by atoms with Gasteiger partial charge in [0.15, 0.2) is 0 Å². The zero-order chi connectivity index (χ0) is 14.2. The lowest BCUT2D eigenvalue weighted by atomic mass is 9.95. The Hall–Kier alpha value is -0.640. The van der Waals surface area contributed by atoms with Crippen molar-refractivity contribution in [1.82, 2.24) is 10.2 Å². The largest absolute Gasteiger partial charge is 0.310 e. The third kappa shape index (κ3) is 3.16. The average molecular weight is 297 g/mol. The van der Waals surface area contributed by atoms with Gasteiger partial charge in [0.2, 0.25) is 0 Å². The fraction of sp³-hybridized carbons (Fsp3) is 0.625. The van der Waals surface area contributed by atoms with Gasteiger partial charge in [0.1, 0.15) is 5.82 Å². The number of rotatable bonds is 3. The summed E-state index contributed by atoms with van der Waals surface area (Å²) >= 11 is 6.19. The summed E-state index contributed by atoms with van der Waals surface area (Å²) in [7, 11) is 0. The standard InChI is InChI=1S/C16H22ClFN2/c1-16(13-3-4-13)11-20(8-2-7-19-16)10-12-9-14(18)5-6-15(12)17/h5-6,9,13,19H,2-4,7-8,10-11H2,1H3. The van der Waals surface area contributed by atoms with Gasteiger partial charge in [-0.2, -0.15) is 0 Å². The minimum Gasteiger partial charge on any atom is -0.310 e. The van der Waals surface area contributed by atoms with Gasteiger partial charge in [-0.15, -0.1) is 0 Å². The fourth-order valence-corrected chi connectivity index (χ4v) is 3.49. The molecule has 0 aromatic heterocycles. The smallest absolute Gasteiger partial charge is 0.123 e. The minimum atomic E-state index is -0.206. The highest BCUT2D eigenvalue weighted by Gasteiger charge is 2.42. The molecule has 110 valence electrons. The van der Waals surface area contributed by atoms with Crippen LogP contribution >= 0.6 is 11.6 Å². The molecule has 0 spiro atoms. The van der Waals surface area contributed by atoms with Gasteiger partial charge in [-0.05, 0) is 69.0 Å². The fourth-order valence-electron chi connectivity index (χ4n) is 3.31. The van der Waals surface area contributed by atoms with Gasteiger partial charge in [-0.3, -0.25) is 4.90 Å². The van der Waals surface area contributed by atoms with Crippen LogP contribution in [0.2, 0.25) is 5.02 Å². The van der Waals surface area contributed by atoms with Gasteiger partial charge < -0.3 is 5.32 Å². The van der Waals surface area contributed by atoms with E-state index in [0.29, 0.717) is 5.02 Å². The van der Waals surface area contributed by atoms with Crippen LogP contribution in [0.4, 0.5) is 4.39 Å². The van der Waals surface area contributed by atoms with Crippen LogP contribution in [-0.2, 0) is 6.54 Å². The second kappa shape index (κ2) is 5.63. The molecule has 2 fully saturated rings. The van der Waals surface area contributed by atoms with E-state index in [9.17, 15) is 4.39 Å². The highest BCUT2D eigenvalue weighted by atomic mass is 35.5. The van der Waals surface area contributed by atoms with Crippen molar-refractivity contribution in [2.24, 2.45) is 5.92 Å². The van der Waals surface area contributed by atoms with Crippen molar-refractivity contribution in [3.63, 3.8) is 0 Å². The quantitative estimate of drug-likeness (QED) is 0.919. The molecule has 1 saturated heterocycles. The molecule has 1 aromatic carbocycles. The molecule has 2 aliphatic rings. The molecule has 1 N–H and O–H groups in total. The van der Waals surface area contributed by atoms with E-state index in [4.69, 9.17) is 11.6 Å². The van der Waals surface area contributed by atoms with Crippen molar-refractivity contribution in [1.29, 1.82) is 0 Å². The Morgan fingerprint density at radius 2 is 2.25 bits per heavy atom. The summed E-state index contributed by atoms with van der Waals surface area (Å²) in [5.41, 5.74) is 1.10. The molecule has 1 unspecified atom stereocenters. The lowest BCUT2D eigenvalue weighted by Gasteiger charge is -2.34. The second-order valence-corrected chi connectivity index (χ2v) is 6.83. The first-order chi connectivity index (χ1) is 9.57. The number of nitrogens with zero attached hydrogens (tertiary/aromatic N) is 1. The van der Waals surface area contributed by atoms with Crippen molar-refractivity contribution < 1.29 is 4.39 Å². The summed E-state index contributed by atoms with van der Waals surface area (Å²) in [6.07, 6.45) is 3.80. The van der Waals surface area contributed by atoms with Crippen LogP contribution < -0.4 is 5.32 Å². The Balaban J connectivity index is 1.73. The zero-order valence-electron chi connectivity index (χ0n) is 12.0. The molecule has 1 aromatic rings. The molecular weight excluding hydrogens is 275 g/mol. The molecule has 1 aliphatic carbocycles. The summed E-state index contributed by atoms with van der Waals surface area (Å²) < 4.78 is 13.4. The molecule has 2 nitrogen and oxygen atoms in total. The highest BCUT2D eigenvalue weighted by molar-refractivity contribution is 6.31. The van der Waals surface area contributed by atoms with Gasteiger partial charge in [-0.25, -0.2) is 4.39 Å². The maximum Gasteiger partial charge on any atom is 0.123 e. The maximum absolute atomic E-state index is 13.4. The van der Waals surface area contributed by atoms with Crippen LogP contribution in [0.25, 0.3) is 0 Å². The SMILES string of the molecule is CC1(C2CC2)CN(Cc2cc(F)ccc2Cl)CCCN1. The van der Waals surface area contributed by atoms with Gasteiger partial charge >= 0.3 is 0 Å². The first kappa shape index (κ1) is 14.3. The number of hydrogen-bond acceptors (Lipinski definition) is 2. The molecule has 0 amide bonds. The molecule has 1 aliphatic heterocycles. The number of benzene rings is 1. The van der Waals surface area contributed by atoms with Crippen molar-refractivity contribution >= 4 is 11.6 Å². The first-order valence-corrected chi connectivity index (χ1v) is 7.86. The van der Waals surface area contributed by atoms with E-state index < -0.39 is 0 Å². The van der Waals surface area contributed by atoms with Crippen LogP contribution in [0.1, 0.15) is 31.7 Å². The molecule has 20 heavy (non-hydrogen) atoms. The number of nitrogens with one attached hydrogen (secondary N) is 1. The predicted molar refractivity (Wildman–Crippen MR) is 80.4 cm³/mol. The summed E-state index contributed by atoms with van der Waals surface area (Å²) in [5.74, 6) is 0.591. The van der Waals surface area contributed by atoms with Crippen molar-refractivity contribution in [2.45, 2.75) is 38.3 Å². The molecule has 3 rings (SSSR count). The molecular formula is C16H22ClFN2. The summed E-state index contributed by atoms with van der Waals surface area (Å²) in [6.45, 7) is 6.20. The lowest BCUT2D eigenvalue weighted by Crippen LogP contribution is -2.50. The minimum absolute atomic E-state index is 0.205. The van der Waals surface area contributed by atoms with Crippen LogP contribution in [0.5, 0.6) is 0 Å². The summed E-state index contributed by atoms with van der Waals surface area (Å²) in [5, 5.41) is 4.38. The average Bonchev–Trinajstić information content (AvgIpc) is 3.22. The van der Waals surface area contributed by atoms with E-state index in [1.54, 1.807) is 12.1 Å². The van der Waals surface area contributed by atoms with Gasteiger partial charge in [-0.1, -0.05) is 11.6 Å². The van der Waals surface area contributed by atoms with Gasteiger partial charge in [0.25, 0.3) is 0 Å². The highest BCUT2D eigenvalue weighted by Crippen LogP contribution is 2.40. The van der Waals surface area contributed by atoms with Crippen molar-refractivity contribution in [3.05, 3.63) is 34.6 Å². The Kier molecular flexibility index (Phi) is 4.02. The van der Waals surface area contributed by atoms with Crippen molar-refractivity contribution in [2.75, 3.05) is 19.6 Å². The van der Waals surface area contributed by atoms with Crippen LogP contribution in [0, 0.1) is 11.7 Å². The third-order valence-electron chi connectivity index (χ3n) is 4.61. The van der Waals surface area contributed by atoms with E-state index in [1.807, 2.05) is 0 Å². The Labute approximate surface area is 125 Å². The molecule has 1 heterocycles. The van der Waals surface area contributed by atoms with Crippen LogP contribution in [0.3, 0.4) is 0 Å². The molecule has 4 heteroatoms. The van der Waals surface area contributed by atoms with Crippen molar-refractivity contribution in [3.8, 4) is 0 Å². The van der Waals surface area contributed by atoms with E-state index in [0.717, 1.165) is 44.1 Å². The molecule has 0 radical (unpaired) electrons.